The molecule has 2 aliphatic rings. The van der Waals surface area contributed by atoms with Gasteiger partial charge in [-0.2, -0.15) is 0 Å². The van der Waals surface area contributed by atoms with Crippen molar-refractivity contribution in [3.63, 3.8) is 0 Å². The lowest BCUT2D eigenvalue weighted by atomic mass is 9.82. The topological polar surface area (TPSA) is 37.3 Å². The lowest BCUT2D eigenvalue weighted by molar-refractivity contribution is -0.125. The van der Waals surface area contributed by atoms with E-state index in [-0.39, 0.29) is 11.2 Å². The summed E-state index contributed by atoms with van der Waals surface area (Å²) in [7, 11) is 0. The summed E-state index contributed by atoms with van der Waals surface area (Å²) in [5.41, 5.74) is 0.941. The molecule has 0 radical (unpaired) electrons. The maximum atomic E-state index is 11.2. The van der Waals surface area contributed by atoms with Crippen molar-refractivity contribution in [2.75, 3.05) is 0 Å². The summed E-state index contributed by atoms with van der Waals surface area (Å²) in [6.07, 6.45) is 2.94. The average Bonchev–Trinajstić information content (AvgIpc) is 2.42. The molecule has 12 heavy (non-hydrogen) atoms. The molecular formula is C10H14O2. The minimum Gasteiger partial charge on any atom is -0.384 e. The minimum absolute atomic E-state index is 0.0981. The average molecular weight is 166 g/mol. The van der Waals surface area contributed by atoms with E-state index in [1.165, 1.54) is 5.57 Å². The number of hydrogen-bond donors (Lipinski definition) is 1. The second-order valence-electron chi connectivity index (χ2n) is 4.26. The molecule has 2 nitrogen and oxygen atoms in total. The zero-order valence-electron chi connectivity index (χ0n) is 7.50. The van der Waals surface area contributed by atoms with E-state index in [2.05, 4.69) is 6.92 Å². The van der Waals surface area contributed by atoms with Crippen molar-refractivity contribution in [3.8, 4) is 0 Å². The molecule has 1 fully saturated rings. The fourth-order valence-corrected chi connectivity index (χ4v) is 2.53. The number of aliphatic hydroxyl groups is 1. The third kappa shape index (κ3) is 0.761. The lowest BCUT2D eigenvalue weighted by Gasteiger charge is -2.24. The van der Waals surface area contributed by atoms with Crippen LogP contribution >= 0.6 is 0 Å². The van der Waals surface area contributed by atoms with Crippen LogP contribution in [0.2, 0.25) is 0 Å². The molecule has 0 amide bonds. The zero-order chi connectivity index (χ0) is 8.93. The van der Waals surface area contributed by atoms with Crippen LogP contribution in [0.15, 0.2) is 11.6 Å². The first-order valence-electron chi connectivity index (χ1n) is 4.49. The summed E-state index contributed by atoms with van der Waals surface area (Å²) in [5, 5.41) is 9.64. The minimum atomic E-state index is -0.766. The van der Waals surface area contributed by atoms with Crippen LogP contribution in [0.3, 0.4) is 0 Å². The van der Waals surface area contributed by atoms with Gasteiger partial charge in [-0.1, -0.05) is 19.4 Å². The molecule has 2 heteroatoms. The fourth-order valence-electron chi connectivity index (χ4n) is 2.53. The van der Waals surface area contributed by atoms with Crippen molar-refractivity contribution in [1.82, 2.24) is 0 Å². The number of aliphatic hydroxyl groups excluding tert-OH is 1. The fraction of sp³-hybridized carbons (Fsp3) is 0.700. The zero-order valence-corrected chi connectivity index (χ0v) is 7.50. The van der Waals surface area contributed by atoms with Gasteiger partial charge in [-0.3, -0.25) is 4.79 Å². The van der Waals surface area contributed by atoms with E-state index in [1.54, 1.807) is 6.08 Å². The third-order valence-electron chi connectivity index (χ3n) is 3.46. The Morgan fingerprint density at radius 3 is 2.92 bits per heavy atom. The molecule has 0 aliphatic heterocycles. The first-order chi connectivity index (χ1) is 5.55. The van der Waals surface area contributed by atoms with E-state index < -0.39 is 6.10 Å². The van der Waals surface area contributed by atoms with Crippen molar-refractivity contribution in [2.45, 2.75) is 32.8 Å². The van der Waals surface area contributed by atoms with E-state index >= 15 is 0 Å². The van der Waals surface area contributed by atoms with Gasteiger partial charge in [0.25, 0.3) is 0 Å². The number of carbonyl (C=O) groups excluding carboxylic acids is 1. The van der Waals surface area contributed by atoms with Gasteiger partial charge in [0.15, 0.2) is 5.78 Å². The molecule has 0 bridgehead atoms. The Morgan fingerprint density at radius 2 is 2.33 bits per heavy atom. The predicted molar refractivity (Wildman–Crippen MR) is 45.6 cm³/mol. The van der Waals surface area contributed by atoms with Crippen LogP contribution in [0.5, 0.6) is 0 Å². The molecule has 0 aromatic carbocycles. The summed E-state index contributed by atoms with van der Waals surface area (Å²) in [6, 6.07) is 0. The summed E-state index contributed by atoms with van der Waals surface area (Å²) >= 11 is 0. The van der Waals surface area contributed by atoms with Crippen LogP contribution in [-0.2, 0) is 4.79 Å². The molecule has 2 rings (SSSR count). The third-order valence-corrected chi connectivity index (χ3v) is 3.46. The van der Waals surface area contributed by atoms with Crippen molar-refractivity contribution >= 4 is 5.78 Å². The highest BCUT2D eigenvalue weighted by Crippen LogP contribution is 2.51. The van der Waals surface area contributed by atoms with Gasteiger partial charge < -0.3 is 5.11 Å². The van der Waals surface area contributed by atoms with Crippen molar-refractivity contribution < 1.29 is 9.90 Å². The molecule has 0 saturated heterocycles. The molecule has 0 aromatic rings. The molecule has 1 N–H and O–H groups in total. The number of ketones is 1. The lowest BCUT2D eigenvalue weighted by Crippen LogP contribution is -2.31. The Bertz CT molecular complexity index is 267. The van der Waals surface area contributed by atoms with Gasteiger partial charge >= 0.3 is 0 Å². The number of hydrogen-bond acceptors (Lipinski definition) is 2. The summed E-state index contributed by atoms with van der Waals surface area (Å²) in [6.45, 7) is 4.13. The Labute approximate surface area is 72.3 Å². The Hall–Kier alpha value is -0.630. The largest absolute Gasteiger partial charge is 0.384 e. The first-order valence-corrected chi connectivity index (χ1v) is 4.49. The van der Waals surface area contributed by atoms with Crippen LogP contribution < -0.4 is 0 Å². The second-order valence-corrected chi connectivity index (χ2v) is 4.26. The van der Waals surface area contributed by atoms with Gasteiger partial charge in [0.05, 0.1) is 0 Å². The highest BCUT2D eigenvalue weighted by atomic mass is 16.3. The van der Waals surface area contributed by atoms with Crippen LogP contribution in [0, 0.1) is 11.3 Å². The maximum absolute atomic E-state index is 11.2. The molecule has 0 aromatic heterocycles. The summed E-state index contributed by atoms with van der Waals surface area (Å²) in [4.78, 5) is 11.2. The predicted octanol–water partition coefficient (Wildman–Crippen LogP) is 1.29. The SMILES string of the molecule is C[C@H]1CC[C@]2(C)C1=CC(=O)[C@H]2O. The highest BCUT2D eigenvalue weighted by molar-refractivity contribution is 5.98. The molecule has 0 spiro atoms. The number of fused-ring (bicyclic) bond motifs is 1. The Balaban J connectivity index is 2.43. The normalized spacial score (nSPS) is 46.2. The van der Waals surface area contributed by atoms with E-state index in [9.17, 15) is 9.90 Å². The van der Waals surface area contributed by atoms with Crippen LogP contribution in [-0.4, -0.2) is 17.0 Å². The number of rotatable bonds is 0. The molecule has 0 unspecified atom stereocenters. The molecule has 66 valence electrons. The van der Waals surface area contributed by atoms with Crippen LogP contribution in [0.1, 0.15) is 26.7 Å². The number of carbonyl (C=O) groups is 1. The van der Waals surface area contributed by atoms with Crippen molar-refractivity contribution in [3.05, 3.63) is 11.6 Å². The van der Waals surface area contributed by atoms with Gasteiger partial charge in [-0.15, -0.1) is 0 Å². The van der Waals surface area contributed by atoms with Crippen molar-refractivity contribution in [2.24, 2.45) is 11.3 Å². The van der Waals surface area contributed by atoms with Gasteiger partial charge in [0.2, 0.25) is 0 Å². The van der Waals surface area contributed by atoms with Crippen LogP contribution in [0.25, 0.3) is 0 Å². The monoisotopic (exact) mass is 166 g/mol. The van der Waals surface area contributed by atoms with Gasteiger partial charge in [-0.25, -0.2) is 0 Å². The molecule has 3 atom stereocenters. The molecular weight excluding hydrogens is 152 g/mol. The maximum Gasteiger partial charge on any atom is 0.184 e. The molecule has 1 saturated carbocycles. The summed E-state index contributed by atoms with van der Waals surface area (Å²) in [5.74, 6) is 0.384. The van der Waals surface area contributed by atoms with Gasteiger partial charge in [0, 0.05) is 5.41 Å². The first kappa shape index (κ1) is 7.99. The van der Waals surface area contributed by atoms with Gasteiger partial charge in [0.1, 0.15) is 6.10 Å². The molecule has 2 aliphatic carbocycles. The summed E-state index contributed by atoms with van der Waals surface area (Å²) < 4.78 is 0. The van der Waals surface area contributed by atoms with Gasteiger partial charge in [-0.05, 0) is 24.8 Å². The quantitative estimate of drug-likeness (QED) is 0.588. The van der Waals surface area contributed by atoms with E-state index in [4.69, 9.17) is 0 Å². The molecule has 0 heterocycles. The van der Waals surface area contributed by atoms with Crippen molar-refractivity contribution in [1.29, 1.82) is 0 Å². The van der Waals surface area contributed by atoms with E-state index in [0.29, 0.717) is 5.92 Å². The Morgan fingerprint density at radius 1 is 1.67 bits per heavy atom. The van der Waals surface area contributed by atoms with E-state index in [0.717, 1.165) is 12.8 Å². The van der Waals surface area contributed by atoms with E-state index in [1.807, 2.05) is 6.92 Å². The van der Waals surface area contributed by atoms with Crippen LogP contribution in [0.4, 0.5) is 0 Å². The second kappa shape index (κ2) is 2.19. The smallest absolute Gasteiger partial charge is 0.184 e. The standard InChI is InChI=1S/C10H14O2/c1-6-3-4-10(2)7(6)5-8(11)9(10)12/h5-6,9,12H,3-4H2,1-2H3/t6-,9+,10+/m0/s1. The highest BCUT2D eigenvalue weighted by Gasteiger charge is 2.50. The Kier molecular flexibility index (Phi) is 1.46.